The molecule has 17 heavy (non-hydrogen) atoms. The van der Waals surface area contributed by atoms with E-state index in [2.05, 4.69) is 17.6 Å². The largest absolute Gasteiger partial charge is 0.396 e. The second-order valence-corrected chi connectivity index (χ2v) is 5.12. The highest BCUT2D eigenvalue weighted by molar-refractivity contribution is 5.78. The predicted molar refractivity (Wildman–Crippen MR) is 68.6 cm³/mol. The van der Waals surface area contributed by atoms with Crippen molar-refractivity contribution in [2.75, 3.05) is 26.2 Å². The van der Waals surface area contributed by atoms with E-state index in [4.69, 9.17) is 5.11 Å². The molecule has 1 aliphatic rings. The van der Waals surface area contributed by atoms with Crippen molar-refractivity contribution in [3.63, 3.8) is 0 Å². The minimum Gasteiger partial charge on any atom is -0.396 e. The summed E-state index contributed by atoms with van der Waals surface area (Å²) in [6.07, 6.45) is 2.95. The molecule has 0 aliphatic carbocycles. The SMILES string of the molecule is CCCC(CCO)CNC(=O)C(C)C1CNC1. The minimum absolute atomic E-state index is 0.104. The molecular weight excluding hydrogens is 216 g/mol. The summed E-state index contributed by atoms with van der Waals surface area (Å²) in [7, 11) is 0. The van der Waals surface area contributed by atoms with Crippen LogP contribution in [0.1, 0.15) is 33.1 Å². The van der Waals surface area contributed by atoms with Crippen LogP contribution in [0.5, 0.6) is 0 Å². The molecule has 1 rings (SSSR count). The van der Waals surface area contributed by atoms with Gasteiger partial charge in [-0.25, -0.2) is 0 Å². The second-order valence-electron chi connectivity index (χ2n) is 5.12. The van der Waals surface area contributed by atoms with Crippen LogP contribution in [0.3, 0.4) is 0 Å². The first-order valence-electron chi connectivity index (χ1n) is 6.78. The molecule has 0 spiro atoms. The summed E-state index contributed by atoms with van der Waals surface area (Å²) in [5.74, 6) is 1.18. The molecule has 2 atom stereocenters. The van der Waals surface area contributed by atoms with Crippen LogP contribution < -0.4 is 10.6 Å². The lowest BCUT2D eigenvalue weighted by Crippen LogP contribution is -2.50. The zero-order valence-electron chi connectivity index (χ0n) is 11.0. The van der Waals surface area contributed by atoms with Gasteiger partial charge in [-0.05, 0) is 37.8 Å². The van der Waals surface area contributed by atoms with Crippen molar-refractivity contribution in [3.05, 3.63) is 0 Å². The topological polar surface area (TPSA) is 61.4 Å². The van der Waals surface area contributed by atoms with Gasteiger partial charge in [-0.3, -0.25) is 4.79 Å². The summed E-state index contributed by atoms with van der Waals surface area (Å²) in [4.78, 5) is 11.9. The maximum atomic E-state index is 11.9. The number of rotatable bonds is 8. The zero-order valence-corrected chi connectivity index (χ0v) is 11.0. The fourth-order valence-corrected chi connectivity index (χ4v) is 2.22. The van der Waals surface area contributed by atoms with Gasteiger partial charge in [-0.1, -0.05) is 20.3 Å². The third-order valence-electron chi connectivity index (χ3n) is 3.73. The number of carbonyl (C=O) groups excluding carboxylic acids is 1. The average molecular weight is 242 g/mol. The van der Waals surface area contributed by atoms with Crippen molar-refractivity contribution in [3.8, 4) is 0 Å². The number of carbonyl (C=O) groups is 1. The zero-order chi connectivity index (χ0) is 12.7. The van der Waals surface area contributed by atoms with Crippen LogP contribution in [0.4, 0.5) is 0 Å². The molecule has 0 aromatic heterocycles. The van der Waals surface area contributed by atoms with Crippen LogP contribution in [0.15, 0.2) is 0 Å². The molecule has 0 saturated carbocycles. The Morgan fingerprint density at radius 2 is 2.18 bits per heavy atom. The Kier molecular flexibility index (Phi) is 6.52. The van der Waals surface area contributed by atoms with Crippen molar-refractivity contribution >= 4 is 5.91 Å². The van der Waals surface area contributed by atoms with Gasteiger partial charge in [0.05, 0.1) is 0 Å². The maximum Gasteiger partial charge on any atom is 0.223 e. The molecule has 0 aromatic rings. The Labute approximate surface area is 104 Å². The summed E-state index contributed by atoms with van der Waals surface area (Å²) in [6.45, 7) is 6.98. The highest BCUT2D eigenvalue weighted by atomic mass is 16.3. The first-order valence-corrected chi connectivity index (χ1v) is 6.78. The lowest BCUT2D eigenvalue weighted by atomic mass is 9.88. The van der Waals surface area contributed by atoms with E-state index < -0.39 is 0 Å². The van der Waals surface area contributed by atoms with Gasteiger partial charge in [0.1, 0.15) is 0 Å². The quantitative estimate of drug-likeness (QED) is 0.589. The van der Waals surface area contributed by atoms with Crippen molar-refractivity contribution in [1.29, 1.82) is 0 Å². The summed E-state index contributed by atoms with van der Waals surface area (Å²) < 4.78 is 0. The summed E-state index contributed by atoms with van der Waals surface area (Å²) in [5.41, 5.74) is 0. The molecule has 100 valence electrons. The first kappa shape index (κ1) is 14.5. The molecular formula is C13H26N2O2. The molecule has 1 fully saturated rings. The van der Waals surface area contributed by atoms with Gasteiger partial charge in [0.15, 0.2) is 0 Å². The van der Waals surface area contributed by atoms with E-state index in [0.717, 1.165) is 32.4 Å². The molecule has 1 aliphatic heterocycles. The van der Waals surface area contributed by atoms with Crippen LogP contribution in [-0.2, 0) is 4.79 Å². The lowest BCUT2D eigenvalue weighted by Gasteiger charge is -2.32. The first-order chi connectivity index (χ1) is 8.19. The standard InChI is InChI=1S/C13H26N2O2/c1-3-4-11(5-6-16)7-15-13(17)10(2)12-8-14-9-12/h10-12,14,16H,3-9H2,1-2H3,(H,15,17). The Hall–Kier alpha value is -0.610. The normalized spacial score (nSPS) is 19.5. The van der Waals surface area contributed by atoms with E-state index in [1.807, 2.05) is 6.92 Å². The summed E-state index contributed by atoms with van der Waals surface area (Å²) >= 11 is 0. The average Bonchev–Trinajstić information content (AvgIpc) is 2.23. The monoisotopic (exact) mass is 242 g/mol. The van der Waals surface area contributed by atoms with E-state index in [0.29, 0.717) is 18.4 Å². The third-order valence-corrected chi connectivity index (χ3v) is 3.73. The molecule has 0 radical (unpaired) electrons. The van der Waals surface area contributed by atoms with E-state index in [1.165, 1.54) is 0 Å². The third kappa shape index (κ3) is 4.64. The van der Waals surface area contributed by atoms with Crippen molar-refractivity contribution < 1.29 is 9.90 Å². The molecule has 0 aromatic carbocycles. The molecule has 1 heterocycles. The van der Waals surface area contributed by atoms with Gasteiger partial charge < -0.3 is 15.7 Å². The molecule has 4 heteroatoms. The maximum absolute atomic E-state index is 11.9. The van der Waals surface area contributed by atoms with Crippen LogP contribution in [0.2, 0.25) is 0 Å². The smallest absolute Gasteiger partial charge is 0.223 e. The highest BCUT2D eigenvalue weighted by Gasteiger charge is 2.28. The predicted octanol–water partition coefficient (Wildman–Crippen LogP) is 0.757. The van der Waals surface area contributed by atoms with E-state index >= 15 is 0 Å². The summed E-state index contributed by atoms with van der Waals surface area (Å²) in [5, 5.41) is 15.2. The van der Waals surface area contributed by atoms with Gasteiger partial charge in [0, 0.05) is 19.1 Å². The molecule has 4 nitrogen and oxygen atoms in total. The molecule has 0 bridgehead atoms. The number of nitrogens with one attached hydrogen (secondary N) is 2. The Morgan fingerprint density at radius 1 is 1.47 bits per heavy atom. The number of aliphatic hydroxyl groups is 1. The Balaban J connectivity index is 2.24. The number of amides is 1. The molecule has 3 N–H and O–H groups in total. The minimum atomic E-state index is 0.104. The lowest BCUT2D eigenvalue weighted by molar-refractivity contribution is -0.126. The number of aliphatic hydroxyl groups excluding tert-OH is 1. The fraction of sp³-hybridized carbons (Fsp3) is 0.923. The van der Waals surface area contributed by atoms with Gasteiger partial charge in [-0.2, -0.15) is 0 Å². The fourth-order valence-electron chi connectivity index (χ4n) is 2.22. The Bertz CT molecular complexity index is 223. The van der Waals surface area contributed by atoms with Gasteiger partial charge in [-0.15, -0.1) is 0 Å². The Morgan fingerprint density at radius 3 is 2.65 bits per heavy atom. The van der Waals surface area contributed by atoms with Crippen LogP contribution in [-0.4, -0.2) is 37.3 Å². The van der Waals surface area contributed by atoms with E-state index in [1.54, 1.807) is 0 Å². The van der Waals surface area contributed by atoms with Crippen LogP contribution >= 0.6 is 0 Å². The number of hydrogen-bond acceptors (Lipinski definition) is 3. The van der Waals surface area contributed by atoms with Gasteiger partial charge >= 0.3 is 0 Å². The summed E-state index contributed by atoms with van der Waals surface area (Å²) in [6, 6.07) is 0. The van der Waals surface area contributed by atoms with Gasteiger partial charge in [0.2, 0.25) is 5.91 Å². The van der Waals surface area contributed by atoms with Gasteiger partial charge in [0.25, 0.3) is 0 Å². The molecule has 2 unspecified atom stereocenters. The molecule has 1 amide bonds. The second kappa shape index (κ2) is 7.67. The molecule has 1 saturated heterocycles. The van der Waals surface area contributed by atoms with Crippen molar-refractivity contribution in [1.82, 2.24) is 10.6 Å². The van der Waals surface area contributed by atoms with Crippen molar-refractivity contribution in [2.45, 2.75) is 33.1 Å². The highest BCUT2D eigenvalue weighted by Crippen LogP contribution is 2.16. The number of hydrogen-bond donors (Lipinski definition) is 3. The van der Waals surface area contributed by atoms with Crippen LogP contribution in [0.25, 0.3) is 0 Å². The van der Waals surface area contributed by atoms with E-state index in [-0.39, 0.29) is 18.4 Å². The van der Waals surface area contributed by atoms with Crippen molar-refractivity contribution in [2.24, 2.45) is 17.8 Å². The van der Waals surface area contributed by atoms with E-state index in [9.17, 15) is 4.79 Å². The van der Waals surface area contributed by atoms with Crippen LogP contribution in [0, 0.1) is 17.8 Å².